The van der Waals surface area contributed by atoms with Crippen LogP contribution in [0.25, 0.3) is 0 Å². The van der Waals surface area contributed by atoms with Gasteiger partial charge < -0.3 is 4.90 Å². The minimum absolute atomic E-state index is 0.142. The largest absolute Gasteiger partial charge is 0.342 e. The fourth-order valence-corrected chi connectivity index (χ4v) is 3.88. The third kappa shape index (κ3) is 5.16. The van der Waals surface area contributed by atoms with Crippen LogP contribution in [0.2, 0.25) is 0 Å². The van der Waals surface area contributed by atoms with Gasteiger partial charge in [-0.25, -0.2) is 13.1 Å². The van der Waals surface area contributed by atoms with Crippen LogP contribution in [0.1, 0.15) is 41.3 Å². The maximum Gasteiger partial charge on any atom is 0.253 e. The molecule has 5 nitrogen and oxygen atoms in total. The van der Waals surface area contributed by atoms with Gasteiger partial charge in [-0.05, 0) is 36.6 Å². The molecular weight excluding hydrogens is 348 g/mol. The summed E-state index contributed by atoms with van der Waals surface area (Å²) in [6.45, 7) is 4.65. The summed E-state index contributed by atoms with van der Waals surface area (Å²) < 4.78 is 28.0. The first kappa shape index (κ1) is 20.1. The van der Waals surface area contributed by atoms with Crippen molar-refractivity contribution in [1.29, 1.82) is 0 Å². The monoisotopic (exact) mass is 374 g/mol. The molecule has 0 radical (unpaired) electrons. The third-order valence-electron chi connectivity index (χ3n) is 4.23. The van der Waals surface area contributed by atoms with Gasteiger partial charge in [-0.1, -0.05) is 49.7 Å². The van der Waals surface area contributed by atoms with Crippen molar-refractivity contribution >= 4 is 15.9 Å². The van der Waals surface area contributed by atoms with Crippen molar-refractivity contribution in [3.8, 4) is 0 Å². The molecule has 0 aliphatic heterocycles. The second kappa shape index (κ2) is 8.96. The molecule has 2 aromatic carbocycles. The van der Waals surface area contributed by atoms with E-state index in [0.717, 1.165) is 18.4 Å². The summed E-state index contributed by atoms with van der Waals surface area (Å²) in [5, 5.41) is 0. The molecule has 0 saturated heterocycles. The van der Waals surface area contributed by atoms with Crippen molar-refractivity contribution in [2.75, 3.05) is 13.6 Å². The van der Waals surface area contributed by atoms with Crippen molar-refractivity contribution in [2.24, 2.45) is 0 Å². The fourth-order valence-electron chi connectivity index (χ4n) is 2.59. The summed E-state index contributed by atoms with van der Waals surface area (Å²) in [6.07, 6.45) is 1.91. The number of nitrogens with zero attached hydrogens (tertiary/aromatic N) is 1. The average molecular weight is 375 g/mol. The lowest BCUT2D eigenvalue weighted by molar-refractivity contribution is 0.0793. The van der Waals surface area contributed by atoms with E-state index in [2.05, 4.69) is 11.6 Å². The number of sulfonamides is 1. The predicted molar refractivity (Wildman–Crippen MR) is 104 cm³/mol. The van der Waals surface area contributed by atoms with Crippen LogP contribution in [0.3, 0.4) is 0 Å². The Balaban J connectivity index is 2.21. The Morgan fingerprint density at radius 3 is 2.46 bits per heavy atom. The number of rotatable bonds is 8. The summed E-state index contributed by atoms with van der Waals surface area (Å²) in [7, 11) is -1.97. The van der Waals surface area contributed by atoms with Crippen molar-refractivity contribution in [1.82, 2.24) is 9.62 Å². The lowest BCUT2D eigenvalue weighted by Crippen LogP contribution is -2.28. The van der Waals surface area contributed by atoms with Gasteiger partial charge in [0.15, 0.2) is 0 Å². The Morgan fingerprint density at radius 2 is 1.81 bits per heavy atom. The number of hydrogen-bond donors (Lipinski definition) is 1. The van der Waals surface area contributed by atoms with Crippen molar-refractivity contribution in [3.05, 3.63) is 65.2 Å². The van der Waals surface area contributed by atoms with Crippen LogP contribution in [0.15, 0.2) is 53.4 Å². The summed E-state index contributed by atoms with van der Waals surface area (Å²) >= 11 is 0. The number of benzene rings is 2. The quantitative estimate of drug-likeness (QED) is 0.771. The maximum absolute atomic E-state index is 12.7. The van der Waals surface area contributed by atoms with E-state index in [9.17, 15) is 13.2 Å². The van der Waals surface area contributed by atoms with Gasteiger partial charge in [0.1, 0.15) is 0 Å². The smallest absolute Gasteiger partial charge is 0.253 e. The Hall–Kier alpha value is -2.18. The first-order chi connectivity index (χ1) is 12.3. The molecule has 0 spiro atoms. The molecular formula is C20H26N2O3S. The molecule has 0 saturated carbocycles. The molecule has 2 aromatic rings. The molecule has 0 bridgehead atoms. The number of aryl methyl sites for hydroxylation is 1. The van der Waals surface area contributed by atoms with Crippen LogP contribution in [-0.2, 0) is 16.6 Å². The van der Waals surface area contributed by atoms with E-state index in [0.29, 0.717) is 17.7 Å². The van der Waals surface area contributed by atoms with Crippen LogP contribution in [0.4, 0.5) is 0 Å². The Labute approximate surface area is 156 Å². The average Bonchev–Trinajstić information content (AvgIpc) is 2.65. The molecule has 140 valence electrons. The van der Waals surface area contributed by atoms with Crippen LogP contribution < -0.4 is 4.72 Å². The van der Waals surface area contributed by atoms with E-state index in [1.54, 1.807) is 31.0 Å². The highest BCUT2D eigenvalue weighted by Gasteiger charge is 2.20. The van der Waals surface area contributed by atoms with E-state index in [4.69, 9.17) is 0 Å². The topological polar surface area (TPSA) is 66.5 Å². The minimum Gasteiger partial charge on any atom is -0.342 e. The predicted octanol–water partition coefficient (Wildman–Crippen LogP) is 3.35. The Kier molecular flexibility index (Phi) is 6.94. The van der Waals surface area contributed by atoms with E-state index in [-0.39, 0.29) is 17.3 Å². The van der Waals surface area contributed by atoms with Gasteiger partial charge in [-0.2, -0.15) is 0 Å². The molecule has 6 heteroatoms. The normalized spacial score (nSPS) is 11.3. The van der Waals surface area contributed by atoms with Gasteiger partial charge in [0.05, 0.1) is 4.90 Å². The van der Waals surface area contributed by atoms with Crippen molar-refractivity contribution < 1.29 is 13.2 Å². The van der Waals surface area contributed by atoms with E-state index >= 15 is 0 Å². The van der Waals surface area contributed by atoms with Crippen LogP contribution >= 0.6 is 0 Å². The van der Waals surface area contributed by atoms with E-state index < -0.39 is 10.0 Å². The molecule has 0 aromatic heterocycles. The van der Waals surface area contributed by atoms with Gasteiger partial charge >= 0.3 is 0 Å². The van der Waals surface area contributed by atoms with Crippen molar-refractivity contribution in [3.63, 3.8) is 0 Å². The van der Waals surface area contributed by atoms with E-state index in [1.165, 1.54) is 6.07 Å². The van der Waals surface area contributed by atoms with Gasteiger partial charge in [0.2, 0.25) is 10.0 Å². The summed E-state index contributed by atoms with van der Waals surface area (Å²) in [6, 6.07) is 14.1. The van der Waals surface area contributed by atoms with Crippen molar-refractivity contribution in [2.45, 2.75) is 38.1 Å². The zero-order chi connectivity index (χ0) is 19.2. The SMILES string of the molecule is CCCCN(C)C(=O)c1ccc(C)c(S(=O)(=O)NCc2ccccc2)c1. The molecule has 1 N–H and O–H groups in total. The third-order valence-corrected chi connectivity index (χ3v) is 5.77. The number of carbonyl (C=O) groups excluding carboxylic acids is 1. The van der Waals surface area contributed by atoms with Crippen LogP contribution in [-0.4, -0.2) is 32.8 Å². The maximum atomic E-state index is 12.7. The fraction of sp³-hybridized carbons (Fsp3) is 0.350. The van der Waals surface area contributed by atoms with E-state index in [1.807, 2.05) is 30.3 Å². The van der Waals surface area contributed by atoms with Gasteiger partial charge in [-0.15, -0.1) is 0 Å². The number of hydrogen-bond acceptors (Lipinski definition) is 3. The molecule has 26 heavy (non-hydrogen) atoms. The summed E-state index contributed by atoms with van der Waals surface area (Å²) in [5.74, 6) is -0.169. The zero-order valence-electron chi connectivity index (χ0n) is 15.5. The first-order valence-electron chi connectivity index (χ1n) is 8.75. The van der Waals surface area contributed by atoms with Gasteiger partial charge in [0, 0.05) is 25.7 Å². The Morgan fingerprint density at radius 1 is 1.12 bits per heavy atom. The van der Waals surface area contributed by atoms with Crippen LogP contribution in [0.5, 0.6) is 0 Å². The number of amides is 1. The molecule has 0 heterocycles. The highest BCUT2D eigenvalue weighted by molar-refractivity contribution is 7.89. The zero-order valence-corrected chi connectivity index (χ0v) is 16.3. The molecule has 0 fully saturated rings. The molecule has 0 aliphatic rings. The molecule has 0 unspecified atom stereocenters. The molecule has 2 rings (SSSR count). The first-order valence-corrected chi connectivity index (χ1v) is 10.2. The Bertz CT molecular complexity index is 849. The molecule has 0 aliphatic carbocycles. The van der Waals surface area contributed by atoms with Crippen LogP contribution in [0, 0.1) is 6.92 Å². The second-order valence-corrected chi connectivity index (χ2v) is 8.11. The van der Waals surface area contributed by atoms with Gasteiger partial charge in [-0.3, -0.25) is 4.79 Å². The molecule has 1 amide bonds. The number of unbranched alkanes of at least 4 members (excludes halogenated alkanes) is 1. The lowest BCUT2D eigenvalue weighted by Gasteiger charge is -2.18. The number of nitrogens with one attached hydrogen (secondary N) is 1. The lowest BCUT2D eigenvalue weighted by atomic mass is 10.1. The molecule has 0 atom stereocenters. The summed E-state index contributed by atoms with van der Waals surface area (Å²) in [4.78, 5) is 14.3. The number of carbonyl (C=O) groups is 1. The minimum atomic E-state index is -3.71. The standard InChI is InChI=1S/C20H26N2O3S/c1-4-5-13-22(3)20(23)18-12-11-16(2)19(14-18)26(24,25)21-15-17-9-7-6-8-10-17/h6-12,14,21H,4-5,13,15H2,1-3H3. The summed E-state index contributed by atoms with van der Waals surface area (Å²) in [5.41, 5.74) is 1.87. The highest BCUT2D eigenvalue weighted by Crippen LogP contribution is 2.18. The second-order valence-electron chi connectivity index (χ2n) is 6.37. The highest BCUT2D eigenvalue weighted by atomic mass is 32.2. The van der Waals surface area contributed by atoms with Gasteiger partial charge in [0.25, 0.3) is 5.91 Å².